The van der Waals surface area contributed by atoms with Crippen LogP contribution in [0.25, 0.3) is 22.8 Å². The fourth-order valence-electron chi connectivity index (χ4n) is 3.46. The first-order valence-corrected chi connectivity index (χ1v) is 9.74. The van der Waals surface area contributed by atoms with Crippen LogP contribution in [0.4, 0.5) is 0 Å². The van der Waals surface area contributed by atoms with Gasteiger partial charge in [0.25, 0.3) is 11.8 Å². The Labute approximate surface area is 173 Å². The molecule has 0 aliphatic carbocycles. The molecule has 30 heavy (non-hydrogen) atoms. The molecule has 1 aliphatic heterocycles. The van der Waals surface area contributed by atoms with Gasteiger partial charge in [0, 0.05) is 24.4 Å². The van der Waals surface area contributed by atoms with Gasteiger partial charge >= 0.3 is 0 Å². The number of benzene rings is 2. The van der Waals surface area contributed by atoms with Crippen LogP contribution in [0.5, 0.6) is 5.75 Å². The molecule has 0 N–H and O–H groups in total. The summed E-state index contributed by atoms with van der Waals surface area (Å²) >= 11 is 0. The summed E-state index contributed by atoms with van der Waals surface area (Å²) in [4.78, 5) is 18.8. The van der Waals surface area contributed by atoms with Crippen LogP contribution in [-0.2, 0) is 7.05 Å². The molecular formula is C23H20N4O3. The number of carbonyl (C=O) groups excluding carboxylic acids is 1. The Morgan fingerprint density at radius 3 is 2.60 bits per heavy atom. The van der Waals surface area contributed by atoms with Crippen molar-refractivity contribution in [3.63, 3.8) is 0 Å². The molecule has 0 atom stereocenters. The number of nitrogens with zero attached hydrogens (tertiary/aromatic N) is 4. The number of aromatic nitrogens is 3. The lowest BCUT2D eigenvalue weighted by Gasteiger charge is -2.39. The maximum Gasteiger partial charge on any atom is 0.270 e. The molecule has 150 valence electrons. The Bertz CT molecular complexity index is 1180. The Kier molecular flexibility index (Phi) is 4.55. The fourth-order valence-corrected chi connectivity index (χ4v) is 3.46. The summed E-state index contributed by atoms with van der Waals surface area (Å²) in [7, 11) is 1.87. The van der Waals surface area contributed by atoms with Crippen molar-refractivity contribution >= 4 is 5.91 Å². The first kappa shape index (κ1) is 18.2. The summed E-state index contributed by atoms with van der Waals surface area (Å²) in [6.07, 6.45) is 1.83. The topological polar surface area (TPSA) is 73.4 Å². The van der Waals surface area contributed by atoms with E-state index in [1.807, 2.05) is 84.5 Å². The highest BCUT2D eigenvalue weighted by atomic mass is 16.5. The summed E-state index contributed by atoms with van der Waals surface area (Å²) in [6, 6.07) is 20.9. The van der Waals surface area contributed by atoms with Crippen molar-refractivity contribution in [2.75, 3.05) is 13.1 Å². The Hall–Kier alpha value is -3.87. The van der Waals surface area contributed by atoms with Crippen LogP contribution < -0.4 is 4.74 Å². The van der Waals surface area contributed by atoms with Crippen molar-refractivity contribution in [1.82, 2.24) is 19.6 Å². The van der Waals surface area contributed by atoms with Gasteiger partial charge in [-0.3, -0.25) is 4.79 Å². The van der Waals surface area contributed by atoms with Crippen LogP contribution in [0.3, 0.4) is 0 Å². The lowest BCUT2D eigenvalue weighted by molar-refractivity contribution is 0.0171. The molecule has 0 saturated carbocycles. The molecule has 0 radical (unpaired) electrons. The zero-order chi connectivity index (χ0) is 20.5. The number of aryl methyl sites for hydroxylation is 1. The van der Waals surface area contributed by atoms with Gasteiger partial charge in [0.2, 0.25) is 5.82 Å². The molecule has 4 aromatic rings. The predicted octanol–water partition coefficient (Wildman–Crippen LogP) is 3.65. The second-order valence-corrected chi connectivity index (χ2v) is 7.27. The number of carbonyl (C=O) groups is 1. The van der Waals surface area contributed by atoms with E-state index in [0.29, 0.717) is 36.2 Å². The third-order valence-electron chi connectivity index (χ3n) is 5.14. The van der Waals surface area contributed by atoms with Gasteiger partial charge in [0.1, 0.15) is 17.5 Å². The van der Waals surface area contributed by atoms with E-state index < -0.39 is 0 Å². The van der Waals surface area contributed by atoms with Gasteiger partial charge in [-0.05, 0) is 30.3 Å². The monoisotopic (exact) mass is 400 g/mol. The number of rotatable bonds is 5. The van der Waals surface area contributed by atoms with Gasteiger partial charge in [0.05, 0.1) is 13.1 Å². The van der Waals surface area contributed by atoms with Gasteiger partial charge in [0.15, 0.2) is 0 Å². The third kappa shape index (κ3) is 3.45. The quantitative estimate of drug-likeness (QED) is 0.511. The molecule has 5 rings (SSSR count). The van der Waals surface area contributed by atoms with Crippen LogP contribution in [0.15, 0.2) is 77.4 Å². The summed E-state index contributed by atoms with van der Waals surface area (Å²) in [5.74, 6) is 1.72. The standard InChI is InChI=1S/C23H20N4O3/c1-26-12-6-11-20(26)23(28)27-14-19(15-27)29-18-10-5-9-17(13-18)22-24-21(25-30-22)16-7-3-2-4-8-16/h2-13,19H,14-15H2,1H3. The zero-order valence-corrected chi connectivity index (χ0v) is 16.4. The van der Waals surface area contributed by atoms with E-state index in [0.717, 1.165) is 11.1 Å². The molecule has 7 heteroatoms. The van der Waals surface area contributed by atoms with Gasteiger partial charge in [-0.2, -0.15) is 4.98 Å². The first-order valence-electron chi connectivity index (χ1n) is 9.74. The van der Waals surface area contributed by atoms with E-state index in [-0.39, 0.29) is 12.0 Å². The molecule has 0 bridgehead atoms. The maximum atomic E-state index is 12.5. The molecule has 0 spiro atoms. The number of hydrogen-bond donors (Lipinski definition) is 0. The van der Waals surface area contributed by atoms with Crippen molar-refractivity contribution in [2.24, 2.45) is 7.05 Å². The predicted molar refractivity (Wildman–Crippen MR) is 111 cm³/mol. The van der Waals surface area contributed by atoms with Crippen molar-refractivity contribution in [3.05, 3.63) is 78.6 Å². The fraction of sp³-hybridized carbons (Fsp3) is 0.174. The minimum atomic E-state index is -0.0352. The average Bonchev–Trinajstić information content (AvgIpc) is 3.40. The SMILES string of the molecule is Cn1cccc1C(=O)N1CC(Oc2cccc(-c3nc(-c4ccccc4)no3)c2)C1. The number of amides is 1. The minimum absolute atomic E-state index is 0.0235. The van der Waals surface area contributed by atoms with Crippen molar-refractivity contribution in [2.45, 2.75) is 6.10 Å². The number of likely N-dealkylation sites (tertiary alicyclic amines) is 1. The number of ether oxygens (including phenoxy) is 1. The van der Waals surface area contributed by atoms with Crippen LogP contribution in [0, 0.1) is 0 Å². The smallest absolute Gasteiger partial charge is 0.270 e. The second kappa shape index (κ2) is 7.51. The number of hydrogen-bond acceptors (Lipinski definition) is 5. The van der Waals surface area contributed by atoms with Crippen molar-refractivity contribution < 1.29 is 14.1 Å². The van der Waals surface area contributed by atoms with Crippen LogP contribution in [0.1, 0.15) is 10.5 Å². The highest BCUT2D eigenvalue weighted by Crippen LogP contribution is 2.27. The second-order valence-electron chi connectivity index (χ2n) is 7.27. The van der Waals surface area contributed by atoms with Gasteiger partial charge in [-0.25, -0.2) is 0 Å². The Balaban J connectivity index is 1.24. The average molecular weight is 400 g/mol. The van der Waals surface area contributed by atoms with E-state index in [9.17, 15) is 4.79 Å². The van der Waals surface area contributed by atoms with Crippen molar-refractivity contribution in [3.8, 4) is 28.6 Å². The minimum Gasteiger partial charge on any atom is -0.487 e. The molecule has 3 heterocycles. The van der Waals surface area contributed by atoms with Crippen molar-refractivity contribution in [1.29, 1.82) is 0 Å². The van der Waals surface area contributed by atoms with E-state index in [4.69, 9.17) is 9.26 Å². The molecule has 1 saturated heterocycles. The van der Waals surface area contributed by atoms with Gasteiger partial charge in [-0.1, -0.05) is 41.6 Å². The highest BCUT2D eigenvalue weighted by Gasteiger charge is 2.33. The van der Waals surface area contributed by atoms with Crippen LogP contribution >= 0.6 is 0 Å². The van der Waals surface area contributed by atoms with Gasteiger partial charge in [-0.15, -0.1) is 0 Å². The zero-order valence-electron chi connectivity index (χ0n) is 16.4. The lowest BCUT2D eigenvalue weighted by Crippen LogP contribution is -2.56. The third-order valence-corrected chi connectivity index (χ3v) is 5.14. The summed E-state index contributed by atoms with van der Waals surface area (Å²) in [5, 5.41) is 4.07. The molecule has 7 nitrogen and oxygen atoms in total. The summed E-state index contributed by atoms with van der Waals surface area (Å²) in [6.45, 7) is 1.12. The molecule has 1 fully saturated rings. The summed E-state index contributed by atoms with van der Waals surface area (Å²) in [5.41, 5.74) is 2.37. The van der Waals surface area contributed by atoms with Gasteiger partial charge < -0.3 is 18.7 Å². The highest BCUT2D eigenvalue weighted by molar-refractivity contribution is 5.93. The Morgan fingerprint density at radius 2 is 1.83 bits per heavy atom. The van der Waals surface area contributed by atoms with E-state index in [1.165, 1.54) is 0 Å². The largest absolute Gasteiger partial charge is 0.487 e. The van der Waals surface area contributed by atoms with E-state index in [2.05, 4.69) is 10.1 Å². The van der Waals surface area contributed by atoms with Crippen LogP contribution in [0.2, 0.25) is 0 Å². The van der Waals surface area contributed by atoms with E-state index in [1.54, 1.807) is 4.90 Å². The van der Waals surface area contributed by atoms with Crippen LogP contribution in [-0.4, -0.2) is 44.7 Å². The molecule has 2 aromatic heterocycles. The molecular weight excluding hydrogens is 380 g/mol. The lowest BCUT2D eigenvalue weighted by atomic mass is 10.1. The van der Waals surface area contributed by atoms with E-state index >= 15 is 0 Å². The molecule has 0 unspecified atom stereocenters. The first-order chi connectivity index (χ1) is 14.7. The molecule has 1 amide bonds. The summed E-state index contributed by atoms with van der Waals surface area (Å²) < 4.78 is 13.3. The molecule has 2 aromatic carbocycles. The molecule has 1 aliphatic rings. The Morgan fingerprint density at radius 1 is 1.03 bits per heavy atom. The maximum absolute atomic E-state index is 12.5. The normalized spacial score (nSPS) is 13.8.